The van der Waals surface area contributed by atoms with Gasteiger partial charge in [0.25, 0.3) is 0 Å². The minimum absolute atomic E-state index is 0.118. The van der Waals surface area contributed by atoms with Gasteiger partial charge in [-0.3, -0.25) is 4.79 Å². The van der Waals surface area contributed by atoms with E-state index in [1.807, 2.05) is 6.92 Å². The normalized spacial score (nSPS) is 12.2. The molecule has 21 heavy (non-hydrogen) atoms. The van der Waals surface area contributed by atoms with E-state index in [4.69, 9.17) is 0 Å². The first-order valence-corrected chi connectivity index (χ1v) is 6.78. The number of rotatable bonds is 4. The van der Waals surface area contributed by atoms with Crippen molar-refractivity contribution in [2.24, 2.45) is 0 Å². The maximum atomic E-state index is 13.0. The molecule has 0 spiro atoms. The molecule has 1 aromatic rings. The molecule has 0 bridgehead atoms. The molecule has 1 amide bonds. The van der Waals surface area contributed by atoms with Crippen molar-refractivity contribution in [3.05, 3.63) is 35.9 Å². The monoisotopic (exact) mass is 297 g/mol. The molecular weight excluding hydrogens is 279 g/mol. The summed E-state index contributed by atoms with van der Waals surface area (Å²) in [7, 11) is 0. The fourth-order valence-electron chi connectivity index (χ4n) is 1.79. The molecule has 0 radical (unpaired) electrons. The van der Waals surface area contributed by atoms with Gasteiger partial charge in [0.2, 0.25) is 0 Å². The Morgan fingerprint density at radius 3 is 2.43 bits per heavy atom. The number of amides is 1. The Labute approximate surface area is 122 Å². The van der Waals surface area contributed by atoms with Crippen LogP contribution >= 0.6 is 0 Å². The summed E-state index contributed by atoms with van der Waals surface area (Å²) in [5.41, 5.74) is 0.751. The molecule has 0 aromatic heterocycles. The lowest BCUT2D eigenvalue weighted by Crippen LogP contribution is -2.44. The number of halogens is 3. The summed E-state index contributed by atoms with van der Waals surface area (Å²) in [5.74, 6) is 2.90. The fraction of sp³-hybridized carbons (Fsp3) is 0.438. The highest BCUT2D eigenvalue weighted by Gasteiger charge is 2.41. The minimum Gasteiger partial charge on any atom is -0.259 e. The fourth-order valence-corrected chi connectivity index (χ4v) is 1.79. The van der Waals surface area contributed by atoms with Crippen LogP contribution in [-0.2, 0) is 4.79 Å². The Hall–Kier alpha value is -1.96. The van der Waals surface area contributed by atoms with E-state index in [1.54, 1.807) is 37.3 Å². The van der Waals surface area contributed by atoms with Crippen molar-refractivity contribution in [3.8, 4) is 11.8 Å². The highest BCUT2D eigenvalue weighted by molar-refractivity contribution is 5.93. The summed E-state index contributed by atoms with van der Waals surface area (Å²) >= 11 is 0. The smallest absolute Gasteiger partial charge is 0.259 e. The Morgan fingerprint density at radius 2 is 1.90 bits per heavy atom. The Morgan fingerprint density at radius 1 is 1.29 bits per heavy atom. The molecule has 0 aliphatic heterocycles. The van der Waals surface area contributed by atoms with Crippen molar-refractivity contribution in [3.63, 3.8) is 0 Å². The van der Waals surface area contributed by atoms with Crippen LogP contribution in [0.5, 0.6) is 0 Å². The first kappa shape index (κ1) is 17.1. The molecule has 1 atom stereocenters. The van der Waals surface area contributed by atoms with E-state index < -0.39 is 24.7 Å². The van der Waals surface area contributed by atoms with Crippen molar-refractivity contribution < 1.29 is 18.0 Å². The predicted octanol–water partition coefficient (Wildman–Crippen LogP) is 3.94. The van der Waals surface area contributed by atoms with Gasteiger partial charge in [-0.15, -0.1) is 13.2 Å². The van der Waals surface area contributed by atoms with Gasteiger partial charge in [0.15, 0.2) is 0 Å². The molecule has 2 nitrogen and oxygen atoms in total. The minimum atomic E-state index is -4.72. The number of nitrogens with zero attached hydrogens (tertiary/aromatic N) is 1. The second kappa shape index (κ2) is 7.72. The van der Waals surface area contributed by atoms with Crippen molar-refractivity contribution in [1.29, 1.82) is 0 Å². The molecule has 0 fully saturated rings. The summed E-state index contributed by atoms with van der Waals surface area (Å²) in [5, 5.41) is 0. The molecule has 1 unspecified atom stereocenters. The molecule has 1 aromatic carbocycles. The van der Waals surface area contributed by atoms with E-state index in [9.17, 15) is 18.0 Å². The van der Waals surface area contributed by atoms with Crippen molar-refractivity contribution in [1.82, 2.24) is 4.90 Å². The van der Waals surface area contributed by atoms with Crippen LogP contribution in [0, 0.1) is 11.8 Å². The molecular formula is C16H18F3NO. The molecule has 0 aliphatic rings. The maximum Gasteiger partial charge on any atom is 0.487 e. The number of hydrogen-bond acceptors (Lipinski definition) is 1. The number of benzene rings is 1. The van der Waals surface area contributed by atoms with Gasteiger partial charge in [0.1, 0.15) is 0 Å². The summed E-state index contributed by atoms with van der Waals surface area (Å²) in [6.45, 7) is 3.06. The summed E-state index contributed by atoms with van der Waals surface area (Å²) < 4.78 is 39.0. The van der Waals surface area contributed by atoms with Gasteiger partial charge < -0.3 is 0 Å². The van der Waals surface area contributed by atoms with Crippen LogP contribution in [0.1, 0.15) is 38.2 Å². The zero-order valence-corrected chi connectivity index (χ0v) is 12.1. The lowest BCUT2D eigenvalue weighted by Gasteiger charge is -2.26. The van der Waals surface area contributed by atoms with Gasteiger partial charge in [-0.2, -0.15) is 0 Å². The van der Waals surface area contributed by atoms with E-state index >= 15 is 0 Å². The predicted molar refractivity (Wildman–Crippen MR) is 75.3 cm³/mol. The van der Waals surface area contributed by atoms with Gasteiger partial charge in [-0.25, -0.2) is 4.90 Å². The van der Waals surface area contributed by atoms with E-state index in [-0.39, 0.29) is 4.90 Å². The molecule has 1 rings (SSSR count). The first-order valence-electron chi connectivity index (χ1n) is 6.78. The van der Waals surface area contributed by atoms with Crippen molar-refractivity contribution >= 4 is 5.91 Å². The topological polar surface area (TPSA) is 20.3 Å². The zero-order valence-electron chi connectivity index (χ0n) is 12.1. The summed E-state index contributed by atoms with van der Waals surface area (Å²) in [6.07, 6.45) is -3.61. The number of unbranched alkanes of at least 4 members (excludes halogenated alkanes) is 1. The molecule has 0 heterocycles. The third-order valence-electron chi connectivity index (χ3n) is 2.95. The van der Waals surface area contributed by atoms with E-state index in [2.05, 4.69) is 11.8 Å². The number of carbonyl (C=O) groups is 1. The van der Waals surface area contributed by atoms with Crippen LogP contribution < -0.4 is 0 Å². The zero-order chi connectivity index (χ0) is 15.9. The third-order valence-corrected chi connectivity index (χ3v) is 2.95. The van der Waals surface area contributed by atoms with E-state index in [0.717, 1.165) is 5.56 Å². The number of carbonyl (C=O) groups excluding carboxylic acids is 1. The SMILES string of the molecule is CCCC#CC(=O)N(CC(C)c1ccccc1)C(F)(F)F. The van der Waals surface area contributed by atoms with Crippen LogP contribution in [0.15, 0.2) is 30.3 Å². The van der Waals surface area contributed by atoms with Crippen molar-refractivity contribution in [2.45, 2.75) is 38.9 Å². The van der Waals surface area contributed by atoms with Gasteiger partial charge in [0, 0.05) is 13.0 Å². The summed E-state index contributed by atoms with van der Waals surface area (Å²) in [4.78, 5) is 11.5. The Balaban J connectivity index is 2.85. The Kier molecular flexibility index (Phi) is 6.29. The van der Waals surface area contributed by atoms with E-state index in [1.165, 1.54) is 0 Å². The largest absolute Gasteiger partial charge is 0.487 e. The van der Waals surface area contributed by atoms with Gasteiger partial charge in [0.05, 0.1) is 0 Å². The maximum absolute atomic E-state index is 13.0. The van der Waals surface area contributed by atoms with Crippen LogP contribution in [0.4, 0.5) is 13.2 Å². The molecule has 114 valence electrons. The quantitative estimate of drug-likeness (QED) is 0.609. The third kappa shape index (κ3) is 5.50. The van der Waals surface area contributed by atoms with Crippen LogP contribution in [-0.4, -0.2) is 23.7 Å². The number of alkyl halides is 3. The molecule has 0 saturated carbocycles. The first-order chi connectivity index (χ1) is 9.86. The van der Waals surface area contributed by atoms with Gasteiger partial charge in [-0.05, 0) is 23.8 Å². The highest BCUT2D eigenvalue weighted by atomic mass is 19.4. The van der Waals surface area contributed by atoms with Crippen LogP contribution in [0.2, 0.25) is 0 Å². The van der Waals surface area contributed by atoms with Crippen molar-refractivity contribution in [2.75, 3.05) is 6.54 Å². The number of hydrogen-bond donors (Lipinski definition) is 0. The molecule has 0 aliphatic carbocycles. The van der Waals surface area contributed by atoms with E-state index in [0.29, 0.717) is 12.8 Å². The highest BCUT2D eigenvalue weighted by Crippen LogP contribution is 2.25. The second-order valence-corrected chi connectivity index (χ2v) is 4.75. The van der Waals surface area contributed by atoms with Crippen LogP contribution in [0.25, 0.3) is 0 Å². The van der Waals surface area contributed by atoms with Crippen LogP contribution in [0.3, 0.4) is 0 Å². The lowest BCUT2D eigenvalue weighted by molar-refractivity contribution is -0.238. The molecule has 5 heteroatoms. The Bertz CT molecular complexity index is 514. The average Bonchev–Trinajstić information content (AvgIpc) is 2.44. The summed E-state index contributed by atoms with van der Waals surface area (Å²) in [6, 6.07) is 8.79. The molecule has 0 saturated heterocycles. The molecule has 0 N–H and O–H groups in total. The lowest BCUT2D eigenvalue weighted by atomic mass is 10.0. The van der Waals surface area contributed by atoms with Gasteiger partial charge in [-0.1, -0.05) is 50.1 Å². The second-order valence-electron chi connectivity index (χ2n) is 4.75. The average molecular weight is 297 g/mol. The standard InChI is InChI=1S/C16H18F3NO/c1-3-4-6-11-15(21)20(16(17,18)19)12-13(2)14-9-7-5-8-10-14/h5,7-10,13H,3-4,12H2,1-2H3. The van der Waals surface area contributed by atoms with Gasteiger partial charge >= 0.3 is 12.2 Å².